The van der Waals surface area contributed by atoms with Crippen LogP contribution in [0.25, 0.3) is 0 Å². The molecule has 1 aliphatic rings. The lowest BCUT2D eigenvalue weighted by Crippen LogP contribution is -2.32. The number of nitrogens with two attached hydrogens (primary N) is 1. The first kappa shape index (κ1) is 14.5. The molecule has 4 nitrogen and oxygen atoms in total. The third-order valence-electron chi connectivity index (χ3n) is 3.81. The molecule has 2 atom stereocenters. The molecule has 2 rings (SSSR count). The molecule has 0 radical (unpaired) electrons. The zero-order valence-corrected chi connectivity index (χ0v) is 12.9. The minimum Gasteiger partial charge on any atom is -0.320 e. The Morgan fingerprint density at radius 1 is 1.53 bits per heavy atom. The normalized spacial score (nSPS) is 20.8. The summed E-state index contributed by atoms with van der Waals surface area (Å²) in [5.41, 5.74) is 7.04. The van der Waals surface area contributed by atoms with Crippen molar-refractivity contribution in [3.05, 3.63) is 10.6 Å². The second-order valence-electron chi connectivity index (χ2n) is 6.47. The number of carbonyl (C=O) groups excluding carboxylic acids is 1. The van der Waals surface area contributed by atoms with Crippen molar-refractivity contribution in [1.29, 1.82) is 0 Å². The number of fused-ring (bicyclic) bond motifs is 1. The Morgan fingerprint density at radius 2 is 2.21 bits per heavy atom. The minimum atomic E-state index is -0.497. The summed E-state index contributed by atoms with van der Waals surface area (Å²) in [6.07, 6.45) is 3.27. The van der Waals surface area contributed by atoms with E-state index in [1.54, 1.807) is 18.3 Å². The smallest absolute Gasteiger partial charge is 0.242 e. The zero-order chi connectivity index (χ0) is 14.2. The van der Waals surface area contributed by atoms with E-state index in [2.05, 4.69) is 31.1 Å². The summed E-state index contributed by atoms with van der Waals surface area (Å²) >= 11 is 1.60. The molecule has 0 aliphatic heterocycles. The molecule has 0 fully saturated rings. The van der Waals surface area contributed by atoms with Crippen LogP contribution in [0.15, 0.2) is 0 Å². The van der Waals surface area contributed by atoms with Crippen LogP contribution in [-0.2, 0) is 17.6 Å². The second-order valence-corrected chi connectivity index (χ2v) is 7.56. The zero-order valence-electron chi connectivity index (χ0n) is 12.1. The number of nitrogens with zero attached hydrogens (tertiary/aromatic N) is 1. The molecule has 0 saturated carbocycles. The van der Waals surface area contributed by atoms with Crippen LogP contribution >= 0.6 is 11.3 Å². The van der Waals surface area contributed by atoms with Gasteiger partial charge in [0.05, 0.1) is 11.7 Å². The molecule has 1 amide bonds. The fraction of sp³-hybridized carbons (Fsp3) is 0.714. The third kappa shape index (κ3) is 3.34. The lowest BCUT2D eigenvalue weighted by Gasteiger charge is -2.33. The predicted octanol–water partition coefficient (Wildman–Crippen LogP) is 2.58. The van der Waals surface area contributed by atoms with Crippen molar-refractivity contribution in [2.24, 2.45) is 17.1 Å². The molecule has 106 valence electrons. The van der Waals surface area contributed by atoms with E-state index >= 15 is 0 Å². The number of carbonyl (C=O) groups is 1. The number of nitrogens with one attached hydrogen (secondary N) is 1. The van der Waals surface area contributed by atoms with Gasteiger partial charge in [0.15, 0.2) is 5.13 Å². The summed E-state index contributed by atoms with van der Waals surface area (Å²) in [5, 5.41) is 3.49. The van der Waals surface area contributed by atoms with Crippen LogP contribution in [0.1, 0.15) is 44.7 Å². The van der Waals surface area contributed by atoms with Crippen LogP contribution < -0.4 is 11.1 Å². The molecule has 1 aromatic rings. The first-order chi connectivity index (χ1) is 8.77. The van der Waals surface area contributed by atoms with Gasteiger partial charge in [-0.2, -0.15) is 0 Å². The first-order valence-electron chi connectivity index (χ1n) is 6.82. The SMILES string of the molecule is CC(N)C(=O)Nc1nc2c(s1)CC(C(C)(C)C)CC2. The van der Waals surface area contributed by atoms with Gasteiger partial charge in [0, 0.05) is 4.88 Å². The average Bonchev–Trinajstić information content (AvgIpc) is 2.68. The highest BCUT2D eigenvalue weighted by Crippen LogP contribution is 2.39. The number of aryl methyl sites for hydroxylation is 1. The van der Waals surface area contributed by atoms with Crippen LogP contribution in [0.5, 0.6) is 0 Å². The lowest BCUT2D eigenvalue weighted by atomic mass is 9.73. The maximum Gasteiger partial charge on any atom is 0.242 e. The molecule has 2 unspecified atom stereocenters. The molecule has 3 N–H and O–H groups in total. The summed E-state index contributed by atoms with van der Waals surface area (Å²) in [5.74, 6) is 0.524. The van der Waals surface area contributed by atoms with Gasteiger partial charge >= 0.3 is 0 Å². The van der Waals surface area contributed by atoms with E-state index in [-0.39, 0.29) is 5.91 Å². The van der Waals surface area contributed by atoms with Crippen LogP contribution in [-0.4, -0.2) is 16.9 Å². The standard InChI is InChI=1S/C14H23N3OS/c1-8(15)12(18)17-13-16-10-6-5-9(14(2,3)4)7-11(10)19-13/h8-9H,5-7,15H2,1-4H3,(H,16,17,18). The highest BCUT2D eigenvalue weighted by molar-refractivity contribution is 7.15. The Morgan fingerprint density at radius 3 is 2.79 bits per heavy atom. The molecule has 0 aromatic carbocycles. The quantitative estimate of drug-likeness (QED) is 0.875. The van der Waals surface area contributed by atoms with E-state index < -0.39 is 6.04 Å². The summed E-state index contributed by atoms with van der Waals surface area (Å²) < 4.78 is 0. The molecule has 5 heteroatoms. The summed E-state index contributed by atoms with van der Waals surface area (Å²) in [7, 11) is 0. The minimum absolute atomic E-state index is 0.168. The number of amides is 1. The monoisotopic (exact) mass is 281 g/mol. The molecule has 1 aromatic heterocycles. The van der Waals surface area contributed by atoms with Gasteiger partial charge in [-0.05, 0) is 37.5 Å². The van der Waals surface area contributed by atoms with E-state index in [0.29, 0.717) is 16.5 Å². The van der Waals surface area contributed by atoms with E-state index in [4.69, 9.17) is 5.73 Å². The highest BCUT2D eigenvalue weighted by atomic mass is 32.1. The van der Waals surface area contributed by atoms with Crippen LogP contribution in [0, 0.1) is 11.3 Å². The van der Waals surface area contributed by atoms with Crippen molar-refractivity contribution in [1.82, 2.24) is 4.98 Å². The van der Waals surface area contributed by atoms with Gasteiger partial charge in [-0.3, -0.25) is 4.79 Å². The number of rotatable bonds is 2. The second kappa shape index (κ2) is 5.21. The summed E-state index contributed by atoms with van der Waals surface area (Å²) in [6.45, 7) is 8.56. The number of hydrogen-bond acceptors (Lipinski definition) is 4. The molecule has 0 spiro atoms. The molecular weight excluding hydrogens is 258 g/mol. The van der Waals surface area contributed by atoms with Crippen LogP contribution in [0.3, 0.4) is 0 Å². The van der Waals surface area contributed by atoms with Gasteiger partial charge in [-0.1, -0.05) is 20.8 Å². The van der Waals surface area contributed by atoms with Crippen LogP contribution in [0.2, 0.25) is 0 Å². The van der Waals surface area contributed by atoms with Crippen molar-refractivity contribution in [2.45, 2.75) is 53.0 Å². The topological polar surface area (TPSA) is 68.0 Å². The summed E-state index contributed by atoms with van der Waals surface area (Å²) in [6, 6.07) is -0.497. The van der Waals surface area contributed by atoms with Crippen molar-refractivity contribution in [3.63, 3.8) is 0 Å². The predicted molar refractivity (Wildman–Crippen MR) is 79.4 cm³/mol. The third-order valence-corrected chi connectivity index (χ3v) is 4.84. The highest BCUT2D eigenvalue weighted by Gasteiger charge is 2.30. The van der Waals surface area contributed by atoms with Gasteiger partial charge in [0.25, 0.3) is 0 Å². The van der Waals surface area contributed by atoms with Crippen molar-refractivity contribution >= 4 is 22.4 Å². The molecule has 1 heterocycles. The largest absolute Gasteiger partial charge is 0.320 e. The van der Waals surface area contributed by atoms with Crippen LogP contribution in [0.4, 0.5) is 5.13 Å². The van der Waals surface area contributed by atoms with Crippen molar-refractivity contribution < 1.29 is 4.79 Å². The average molecular weight is 281 g/mol. The maximum absolute atomic E-state index is 11.6. The van der Waals surface area contributed by atoms with Gasteiger partial charge in [-0.25, -0.2) is 4.98 Å². The Bertz CT molecular complexity index is 474. The first-order valence-corrected chi connectivity index (χ1v) is 7.64. The molecule has 0 bridgehead atoms. The number of thiazole rings is 1. The Labute approximate surface area is 118 Å². The van der Waals surface area contributed by atoms with Gasteiger partial charge in [0.1, 0.15) is 0 Å². The molecule has 19 heavy (non-hydrogen) atoms. The molecule has 1 aliphatic carbocycles. The number of hydrogen-bond donors (Lipinski definition) is 2. The van der Waals surface area contributed by atoms with E-state index in [1.165, 1.54) is 11.3 Å². The van der Waals surface area contributed by atoms with E-state index in [9.17, 15) is 4.79 Å². The lowest BCUT2D eigenvalue weighted by molar-refractivity contribution is -0.117. The summed E-state index contributed by atoms with van der Waals surface area (Å²) in [4.78, 5) is 17.4. The maximum atomic E-state index is 11.6. The fourth-order valence-corrected chi connectivity index (χ4v) is 3.48. The van der Waals surface area contributed by atoms with E-state index in [1.807, 2.05) is 0 Å². The number of aromatic nitrogens is 1. The molecular formula is C14H23N3OS. The van der Waals surface area contributed by atoms with Crippen molar-refractivity contribution in [3.8, 4) is 0 Å². The number of anilines is 1. The Kier molecular flexibility index (Phi) is 3.97. The van der Waals surface area contributed by atoms with Gasteiger partial charge in [-0.15, -0.1) is 11.3 Å². The Balaban J connectivity index is 2.10. The van der Waals surface area contributed by atoms with E-state index in [0.717, 1.165) is 18.5 Å². The molecule has 0 saturated heterocycles. The van der Waals surface area contributed by atoms with Gasteiger partial charge in [0.2, 0.25) is 5.91 Å². The fourth-order valence-electron chi connectivity index (χ4n) is 2.39. The Hall–Kier alpha value is -0.940. The van der Waals surface area contributed by atoms with Crippen molar-refractivity contribution in [2.75, 3.05) is 5.32 Å². The van der Waals surface area contributed by atoms with Gasteiger partial charge < -0.3 is 11.1 Å².